The third-order valence-corrected chi connectivity index (χ3v) is 7.96. The Morgan fingerprint density at radius 3 is 2.77 bits per heavy atom. The lowest BCUT2D eigenvalue weighted by molar-refractivity contribution is -0.739. The molecule has 0 saturated carbocycles. The number of amides is 2. The normalized spacial score (nSPS) is 31.7. The topological polar surface area (TPSA) is 136 Å². The van der Waals surface area contributed by atoms with Gasteiger partial charge in [0.25, 0.3) is 5.91 Å². The van der Waals surface area contributed by atoms with E-state index in [2.05, 4.69) is 4.90 Å². The average molecular weight is 450 g/mol. The second kappa shape index (κ2) is 7.95. The van der Waals surface area contributed by atoms with Gasteiger partial charge in [0.2, 0.25) is 12.2 Å². The minimum Gasteiger partial charge on any atom is -0.543 e. The highest BCUT2D eigenvalue weighted by molar-refractivity contribution is 8.03. The van der Waals surface area contributed by atoms with E-state index in [1.54, 1.807) is 17.7 Å². The van der Waals surface area contributed by atoms with Gasteiger partial charge >= 0.3 is 0 Å². The quantitative estimate of drug-likeness (QED) is 0.364. The van der Waals surface area contributed by atoms with Crippen LogP contribution in [0.4, 0.5) is 0 Å². The molecule has 3 aliphatic heterocycles. The fraction of sp³-hybridized carbons (Fsp3) is 0.600. The van der Waals surface area contributed by atoms with Crippen molar-refractivity contribution in [2.45, 2.75) is 50.4 Å². The molecule has 3 aliphatic rings. The highest BCUT2D eigenvalue weighted by atomic mass is 32.2. The van der Waals surface area contributed by atoms with E-state index in [1.807, 2.05) is 31.1 Å². The van der Waals surface area contributed by atoms with Gasteiger partial charge in [-0.3, -0.25) is 14.5 Å². The van der Waals surface area contributed by atoms with E-state index in [0.29, 0.717) is 4.91 Å². The Hall–Kier alpha value is -2.37. The number of primary amides is 1. The maximum atomic E-state index is 12.5. The van der Waals surface area contributed by atoms with Crippen LogP contribution in [0, 0.1) is 11.8 Å². The number of nitrogens with zero attached hydrogens (tertiary/aromatic N) is 4. The molecule has 3 N–H and O–H groups in total. The molecule has 0 spiro atoms. The molecule has 168 valence electrons. The molecule has 0 radical (unpaired) electrons. The lowest BCUT2D eigenvalue weighted by atomic mass is 9.79. The van der Waals surface area contributed by atoms with E-state index in [1.165, 1.54) is 16.7 Å². The Morgan fingerprint density at radius 2 is 2.16 bits per heavy atom. The molecule has 10 nitrogen and oxygen atoms in total. The molecule has 4 heterocycles. The highest BCUT2D eigenvalue weighted by Gasteiger charge is 2.59. The van der Waals surface area contributed by atoms with Gasteiger partial charge in [0.05, 0.1) is 29.7 Å². The zero-order chi connectivity index (χ0) is 22.6. The van der Waals surface area contributed by atoms with Crippen LogP contribution in [-0.2, 0) is 20.9 Å². The number of imidazole rings is 1. The second-order valence-corrected chi connectivity index (χ2v) is 9.99. The number of fused-ring (bicyclic) bond motifs is 1. The first-order valence-electron chi connectivity index (χ1n) is 10.3. The van der Waals surface area contributed by atoms with E-state index in [-0.39, 0.29) is 41.5 Å². The lowest BCUT2D eigenvalue weighted by Crippen LogP contribution is -2.64. The van der Waals surface area contributed by atoms with Crippen LogP contribution in [-0.4, -0.2) is 68.2 Å². The second-order valence-electron chi connectivity index (χ2n) is 8.65. The number of β-lactam (4-membered cyclic amide) rings is 1. The van der Waals surface area contributed by atoms with Gasteiger partial charge in [0.15, 0.2) is 12.7 Å². The van der Waals surface area contributed by atoms with Gasteiger partial charge in [0, 0.05) is 29.0 Å². The number of carboxylic acids is 1. The lowest BCUT2D eigenvalue weighted by Gasteiger charge is -2.47. The first kappa shape index (κ1) is 21.8. The van der Waals surface area contributed by atoms with Gasteiger partial charge in [-0.2, -0.15) is 0 Å². The van der Waals surface area contributed by atoms with Crippen LogP contribution >= 0.6 is 11.8 Å². The van der Waals surface area contributed by atoms with Crippen LogP contribution in [0.5, 0.6) is 0 Å². The van der Waals surface area contributed by atoms with Crippen LogP contribution in [0.2, 0.25) is 0 Å². The number of hydrogen-bond acceptors (Lipinski definition) is 7. The molecule has 11 heteroatoms. The van der Waals surface area contributed by atoms with Crippen LogP contribution in [0.1, 0.15) is 26.4 Å². The van der Waals surface area contributed by atoms with Crippen LogP contribution in [0.3, 0.4) is 0 Å². The maximum absolute atomic E-state index is 12.5. The number of aliphatic hydroxyl groups is 1. The molecule has 4 rings (SSSR count). The summed E-state index contributed by atoms with van der Waals surface area (Å²) in [6, 6.07) is -0.338. The summed E-state index contributed by atoms with van der Waals surface area (Å²) in [4.78, 5) is 39.6. The first-order chi connectivity index (χ1) is 14.6. The van der Waals surface area contributed by atoms with Gasteiger partial charge in [-0.25, -0.2) is 9.13 Å². The van der Waals surface area contributed by atoms with Crippen molar-refractivity contribution in [2.75, 3.05) is 13.6 Å². The summed E-state index contributed by atoms with van der Waals surface area (Å²) in [6.07, 6.45) is 5.51. The molecule has 1 aromatic rings. The summed E-state index contributed by atoms with van der Waals surface area (Å²) in [5, 5.41) is 22.0. The highest BCUT2D eigenvalue weighted by Crippen LogP contribution is 2.52. The molecule has 31 heavy (non-hydrogen) atoms. The Labute approximate surface area is 184 Å². The zero-order valence-electron chi connectivity index (χ0n) is 17.7. The van der Waals surface area contributed by atoms with E-state index in [0.717, 1.165) is 13.0 Å². The van der Waals surface area contributed by atoms with E-state index >= 15 is 0 Å². The molecule has 1 aromatic heterocycles. The number of aromatic nitrogens is 2. The van der Waals surface area contributed by atoms with Crippen molar-refractivity contribution in [1.82, 2.24) is 14.4 Å². The number of nitrogens with two attached hydrogens (primary N) is 1. The predicted octanol–water partition coefficient (Wildman–Crippen LogP) is -1.98. The summed E-state index contributed by atoms with van der Waals surface area (Å²) in [6.45, 7) is 4.32. The predicted molar refractivity (Wildman–Crippen MR) is 108 cm³/mol. The molecule has 2 amide bonds. The minimum absolute atomic E-state index is 0.0456. The number of carboxylic acid groups (broad SMARTS) is 1. The fourth-order valence-corrected chi connectivity index (χ4v) is 6.66. The molecule has 0 unspecified atom stereocenters. The van der Waals surface area contributed by atoms with Crippen molar-refractivity contribution >= 4 is 29.5 Å². The number of thioether (sulfide) groups is 1. The zero-order valence-corrected chi connectivity index (χ0v) is 18.5. The molecular weight excluding hydrogens is 422 g/mol. The smallest absolute Gasteiger partial charge is 0.259 e. The van der Waals surface area contributed by atoms with Crippen LogP contribution < -0.4 is 15.4 Å². The summed E-state index contributed by atoms with van der Waals surface area (Å²) in [7, 11) is 2.00. The van der Waals surface area contributed by atoms with Crippen molar-refractivity contribution in [3.8, 4) is 0 Å². The molecule has 2 saturated heterocycles. The summed E-state index contributed by atoms with van der Waals surface area (Å²) < 4.78 is 3.73. The van der Waals surface area contributed by atoms with Crippen molar-refractivity contribution in [3.63, 3.8) is 0 Å². The number of carbonyl (C=O) groups is 3. The standard InChI is InChI=1S/C20H27N5O5S/c1-10-16-15(11(2)26)19(28)25(16)17(20(29)30)18(10)31-12-6-14(22(3)7-12)24-5-4-23(9-24)8-13(21)27/h4-5,9-12,14-16,26H,6-8H2,1-3H3,(H2-,21,27,29,30)/t10-,11-,12+,14+,15-,16-/m1/s1. The number of rotatable bonds is 7. The molecule has 6 atom stereocenters. The van der Waals surface area contributed by atoms with Gasteiger partial charge in [0.1, 0.15) is 12.4 Å². The largest absolute Gasteiger partial charge is 0.543 e. The van der Waals surface area contributed by atoms with Gasteiger partial charge < -0.3 is 25.6 Å². The number of carbonyl (C=O) groups excluding carboxylic acids is 3. The third-order valence-electron chi connectivity index (χ3n) is 6.46. The van der Waals surface area contributed by atoms with Crippen LogP contribution in [0.25, 0.3) is 0 Å². The molecule has 0 aliphatic carbocycles. The van der Waals surface area contributed by atoms with Crippen molar-refractivity contribution < 1.29 is 29.2 Å². The fourth-order valence-electron chi connectivity index (χ4n) is 5.08. The van der Waals surface area contributed by atoms with Crippen molar-refractivity contribution in [2.24, 2.45) is 17.6 Å². The monoisotopic (exact) mass is 449 g/mol. The van der Waals surface area contributed by atoms with Gasteiger partial charge in [-0.15, -0.1) is 11.8 Å². The number of hydrogen-bond donors (Lipinski definition) is 2. The molecular formula is C20H27N5O5S. The summed E-state index contributed by atoms with van der Waals surface area (Å²) >= 11 is 1.49. The van der Waals surface area contributed by atoms with Crippen LogP contribution in [0.15, 0.2) is 29.3 Å². The number of likely N-dealkylation sites (tertiary alicyclic amines) is 1. The van der Waals surface area contributed by atoms with Gasteiger partial charge in [-0.05, 0) is 14.0 Å². The Morgan fingerprint density at radius 1 is 1.45 bits per heavy atom. The number of aliphatic hydroxyl groups excluding tert-OH is 1. The van der Waals surface area contributed by atoms with E-state index < -0.39 is 23.9 Å². The Balaban J connectivity index is 1.51. The summed E-state index contributed by atoms with van der Waals surface area (Å²) in [5.41, 5.74) is 5.21. The Bertz CT molecular complexity index is 960. The Kier molecular flexibility index (Phi) is 5.61. The summed E-state index contributed by atoms with van der Waals surface area (Å²) in [5.74, 6) is -2.88. The van der Waals surface area contributed by atoms with Crippen molar-refractivity contribution in [3.05, 3.63) is 29.3 Å². The molecule has 0 aromatic carbocycles. The average Bonchev–Trinajstić information content (AvgIpc) is 3.31. The third kappa shape index (κ3) is 3.64. The minimum atomic E-state index is -1.35. The first-order valence-corrected chi connectivity index (χ1v) is 11.2. The van der Waals surface area contributed by atoms with E-state index in [9.17, 15) is 24.6 Å². The molecule has 2 fully saturated rings. The SMILES string of the molecule is C[C@@H](O)[C@H]1C(=O)N2C(C(=O)[O-])=C(S[C@H]3C[C@H]([n+]4ccn(CC(N)=O)c4)N(C)C3)[C@H](C)[C@H]12. The molecule has 0 bridgehead atoms. The number of aliphatic carboxylic acids is 1. The maximum Gasteiger partial charge on any atom is 0.259 e. The van der Waals surface area contributed by atoms with Crippen molar-refractivity contribution in [1.29, 1.82) is 0 Å². The van der Waals surface area contributed by atoms with E-state index in [4.69, 9.17) is 5.73 Å². The van der Waals surface area contributed by atoms with Gasteiger partial charge in [-0.1, -0.05) is 6.92 Å².